The summed E-state index contributed by atoms with van der Waals surface area (Å²) in [7, 11) is 1.62. The van der Waals surface area contributed by atoms with E-state index in [2.05, 4.69) is 29.6 Å². The molecule has 4 aliphatic rings. The molecule has 7 rings (SSSR count). The summed E-state index contributed by atoms with van der Waals surface area (Å²) in [5.41, 5.74) is 2.87. The topological polar surface area (TPSA) is 56.8 Å². The Hall–Kier alpha value is -2.89. The molecule has 0 saturated heterocycles. The van der Waals surface area contributed by atoms with E-state index in [1.54, 1.807) is 7.11 Å². The van der Waals surface area contributed by atoms with Gasteiger partial charge < -0.3 is 19.5 Å². The van der Waals surface area contributed by atoms with E-state index in [1.165, 1.54) is 44.1 Å². The van der Waals surface area contributed by atoms with Crippen molar-refractivity contribution in [2.45, 2.75) is 57.3 Å². The van der Waals surface area contributed by atoms with E-state index < -0.39 is 6.48 Å². The Balaban J connectivity index is 1.39. The van der Waals surface area contributed by atoms with Gasteiger partial charge in [-0.2, -0.15) is 0 Å². The summed E-state index contributed by atoms with van der Waals surface area (Å²) < 4.78 is 17.6. The number of fused-ring (bicyclic) bond motifs is 1. The number of ether oxygens (including phenoxy) is 3. The fourth-order valence-electron chi connectivity index (χ4n) is 7.49. The van der Waals surface area contributed by atoms with Crippen LogP contribution in [0.3, 0.4) is 0 Å². The summed E-state index contributed by atoms with van der Waals surface area (Å²) in [6, 6.07) is 19.9. The highest BCUT2D eigenvalue weighted by Gasteiger charge is 2.52. The van der Waals surface area contributed by atoms with Gasteiger partial charge in [0.2, 0.25) is 0 Å². The van der Waals surface area contributed by atoms with Crippen molar-refractivity contribution in [3.8, 4) is 5.75 Å². The Morgan fingerprint density at radius 2 is 1.64 bits per heavy atom. The van der Waals surface area contributed by atoms with Crippen molar-refractivity contribution in [3.63, 3.8) is 0 Å². The first kappa shape index (κ1) is 23.5. The van der Waals surface area contributed by atoms with E-state index in [4.69, 9.17) is 14.2 Å². The van der Waals surface area contributed by atoms with Gasteiger partial charge in [0, 0.05) is 23.9 Å². The first-order valence-corrected chi connectivity index (χ1v) is 13.3. The summed E-state index contributed by atoms with van der Waals surface area (Å²) in [6.45, 7) is 1.73. The minimum Gasteiger partial charge on any atom is -0.441 e. The molecule has 188 valence electrons. The maximum Gasteiger partial charge on any atom is 0.315 e. The molecule has 0 aliphatic heterocycles. The number of carbonyl (C=O) groups excluding carboxylic acids is 1. The molecule has 5 heteroatoms. The van der Waals surface area contributed by atoms with Crippen molar-refractivity contribution in [3.05, 3.63) is 71.8 Å². The number of anilines is 1. The zero-order chi connectivity index (χ0) is 24.7. The maximum atomic E-state index is 12.8. The molecule has 3 aromatic rings. The number of rotatable bonds is 8. The van der Waals surface area contributed by atoms with E-state index in [0.717, 1.165) is 40.0 Å². The summed E-state index contributed by atoms with van der Waals surface area (Å²) in [5, 5.41) is 5.25. The molecule has 1 unspecified atom stereocenters. The van der Waals surface area contributed by atoms with Gasteiger partial charge in [-0.05, 0) is 116 Å². The van der Waals surface area contributed by atoms with Crippen LogP contribution in [0.1, 0.15) is 61.4 Å². The van der Waals surface area contributed by atoms with Gasteiger partial charge in [0.15, 0.2) is 0 Å². The average Bonchev–Trinajstić information content (AvgIpc) is 2.88. The minimum absolute atomic E-state index is 0.101. The lowest BCUT2D eigenvalue weighted by Gasteiger charge is -2.57. The summed E-state index contributed by atoms with van der Waals surface area (Å²) in [6.07, 6.45) is 7.86. The van der Waals surface area contributed by atoms with Crippen LogP contribution in [0.4, 0.5) is 5.69 Å². The van der Waals surface area contributed by atoms with Gasteiger partial charge in [-0.25, -0.2) is 0 Å². The normalized spacial score (nSPS) is 27.2. The molecule has 0 heterocycles. The van der Waals surface area contributed by atoms with Gasteiger partial charge >= 0.3 is 6.48 Å². The van der Waals surface area contributed by atoms with Crippen molar-refractivity contribution in [1.82, 2.24) is 0 Å². The molecule has 4 saturated carbocycles. The molecule has 4 aliphatic carbocycles. The number of methoxy groups -OCH3 is 1. The summed E-state index contributed by atoms with van der Waals surface area (Å²) in [4.78, 5) is 12.8. The molecule has 4 bridgehead atoms. The molecule has 0 aromatic heterocycles. The van der Waals surface area contributed by atoms with Crippen LogP contribution in [0.25, 0.3) is 10.8 Å². The van der Waals surface area contributed by atoms with Crippen LogP contribution in [0, 0.1) is 17.8 Å². The predicted molar refractivity (Wildman–Crippen MR) is 141 cm³/mol. The van der Waals surface area contributed by atoms with Crippen LogP contribution in [-0.4, -0.2) is 26.1 Å². The summed E-state index contributed by atoms with van der Waals surface area (Å²) in [5.74, 6) is 3.23. The first-order valence-electron chi connectivity index (χ1n) is 13.3. The molecular formula is C31H35NO4. The second-order valence-electron chi connectivity index (χ2n) is 11.0. The predicted octanol–water partition coefficient (Wildman–Crippen LogP) is 6.91. The zero-order valence-corrected chi connectivity index (χ0v) is 21.2. The quantitative estimate of drug-likeness (QED) is 0.352. The van der Waals surface area contributed by atoms with Gasteiger partial charge in [0.05, 0.1) is 6.61 Å². The molecule has 1 atom stereocenters. The van der Waals surface area contributed by atoms with Crippen molar-refractivity contribution in [1.29, 1.82) is 0 Å². The minimum atomic E-state index is -0.732. The fraction of sp³-hybridized carbons (Fsp3) is 0.452. The monoisotopic (exact) mass is 485 g/mol. The molecular weight excluding hydrogens is 450 g/mol. The molecule has 0 spiro atoms. The van der Waals surface area contributed by atoms with Gasteiger partial charge in [0.1, 0.15) is 5.75 Å². The van der Waals surface area contributed by atoms with Gasteiger partial charge in [-0.15, -0.1) is 0 Å². The highest BCUT2D eigenvalue weighted by molar-refractivity contribution is 6.05. The van der Waals surface area contributed by atoms with E-state index in [0.29, 0.717) is 12.2 Å². The van der Waals surface area contributed by atoms with Crippen molar-refractivity contribution < 1.29 is 19.0 Å². The van der Waals surface area contributed by atoms with E-state index >= 15 is 0 Å². The lowest BCUT2D eigenvalue weighted by molar-refractivity contribution is -0.231. The Morgan fingerprint density at radius 1 is 0.944 bits per heavy atom. The molecule has 1 N–H and O–H groups in total. The van der Waals surface area contributed by atoms with Crippen molar-refractivity contribution >= 4 is 22.4 Å². The van der Waals surface area contributed by atoms with E-state index in [9.17, 15) is 4.79 Å². The SMILES string of the molecule is CCOC(OC)Oc1cc2ccc(NC(=O)c3ccccc3)cc2cc1C12CC3CC(CC(C3)C1)C2. The number of benzene rings is 3. The van der Waals surface area contributed by atoms with E-state index in [1.807, 2.05) is 43.3 Å². The summed E-state index contributed by atoms with van der Waals surface area (Å²) >= 11 is 0. The highest BCUT2D eigenvalue weighted by atomic mass is 16.8. The smallest absolute Gasteiger partial charge is 0.315 e. The lowest BCUT2D eigenvalue weighted by atomic mass is 9.48. The molecule has 5 nitrogen and oxygen atoms in total. The molecule has 0 radical (unpaired) electrons. The van der Waals surface area contributed by atoms with Crippen LogP contribution in [-0.2, 0) is 14.9 Å². The number of hydrogen-bond acceptors (Lipinski definition) is 4. The lowest BCUT2D eigenvalue weighted by Crippen LogP contribution is -2.48. The number of hydrogen-bond donors (Lipinski definition) is 1. The van der Waals surface area contributed by atoms with Crippen LogP contribution in [0.5, 0.6) is 5.75 Å². The molecule has 3 aromatic carbocycles. The van der Waals surface area contributed by atoms with Crippen LogP contribution < -0.4 is 10.1 Å². The maximum absolute atomic E-state index is 12.8. The third-order valence-corrected chi connectivity index (χ3v) is 8.56. The average molecular weight is 486 g/mol. The Bertz CT molecular complexity index is 1220. The van der Waals surface area contributed by atoms with Gasteiger partial charge in [0.25, 0.3) is 5.91 Å². The second-order valence-corrected chi connectivity index (χ2v) is 11.0. The fourth-order valence-corrected chi connectivity index (χ4v) is 7.49. The number of carbonyl (C=O) groups is 1. The second kappa shape index (κ2) is 9.53. The Kier molecular flexibility index (Phi) is 6.22. The van der Waals surface area contributed by atoms with Crippen LogP contribution in [0.15, 0.2) is 60.7 Å². The number of amides is 1. The first-order chi connectivity index (χ1) is 17.5. The van der Waals surface area contributed by atoms with Crippen molar-refractivity contribution in [2.24, 2.45) is 17.8 Å². The zero-order valence-electron chi connectivity index (χ0n) is 21.2. The van der Waals surface area contributed by atoms with Crippen LogP contribution in [0.2, 0.25) is 0 Å². The third-order valence-electron chi connectivity index (χ3n) is 8.56. The molecule has 4 fully saturated rings. The van der Waals surface area contributed by atoms with Gasteiger partial charge in [-0.3, -0.25) is 4.79 Å². The van der Waals surface area contributed by atoms with E-state index in [-0.39, 0.29) is 11.3 Å². The Morgan fingerprint density at radius 3 is 2.28 bits per heavy atom. The third kappa shape index (κ3) is 4.39. The molecule has 1 amide bonds. The molecule has 36 heavy (non-hydrogen) atoms. The van der Waals surface area contributed by atoms with Crippen LogP contribution >= 0.6 is 0 Å². The largest absolute Gasteiger partial charge is 0.441 e. The van der Waals surface area contributed by atoms with Gasteiger partial charge in [-0.1, -0.05) is 24.3 Å². The van der Waals surface area contributed by atoms with Crippen molar-refractivity contribution in [2.75, 3.05) is 19.0 Å². The number of nitrogens with one attached hydrogen (secondary N) is 1. The standard InChI is InChI=1S/C31H35NO4/c1-3-35-30(34-2)36-28-16-24-9-10-26(32-29(33)23-7-5-4-6-8-23)14-25(24)15-27(28)31-17-20-11-21(18-31)13-22(12-20)19-31/h4-10,14-16,20-22,30H,3,11-13,17-19H2,1-2H3,(H,32,33). The Labute approximate surface area is 213 Å². The highest BCUT2D eigenvalue weighted by Crippen LogP contribution is 2.62.